The maximum Gasteiger partial charge on any atom is 0.498 e. The first-order valence-corrected chi connectivity index (χ1v) is 8.63. The molecule has 1 aromatic rings. The number of aromatic nitrogens is 2. The molecular formula is C17H29BN2O4. The van der Waals surface area contributed by atoms with E-state index in [1.165, 1.54) is 0 Å². The Kier molecular flexibility index (Phi) is 4.15. The van der Waals surface area contributed by atoms with E-state index in [4.69, 9.17) is 18.8 Å². The third-order valence-corrected chi connectivity index (χ3v) is 5.37. The fourth-order valence-electron chi connectivity index (χ4n) is 3.24. The number of aryl methyl sites for hydroxylation is 1. The molecule has 0 aromatic carbocycles. The highest BCUT2D eigenvalue weighted by Crippen LogP contribution is 2.37. The molecule has 2 fully saturated rings. The second-order valence-electron chi connectivity index (χ2n) is 8.31. The van der Waals surface area contributed by atoms with Gasteiger partial charge in [-0.25, -0.2) is 0 Å². The van der Waals surface area contributed by atoms with Gasteiger partial charge in [-0.2, -0.15) is 5.10 Å². The highest BCUT2D eigenvalue weighted by Gasteiger charge is 2.53. The van der Waals surface area contributed by atoms with E-state index in [0.29, 0.717) is 13.2 Å². The Morgan fingerprint density at radius 1 is 1.08 bits per heavy atom. The monoisotopic (exact) mass is 336 g/mol. The molecule has 1 atom stereocenters. The lowest BCUT2D eigenvalue weighted by Gasteiger charge is -2.32. The molecule has 24 heavy (non-hydrogen) atoms. The molecule has 6 nitrogen and oxygen atoms in total. The molecule has 3 heterocycles. The van der Waals surface area contributed by atoms with Gasteiger partial charge in [-0.05, 0) is 55.4 Å². The van der Waals surface area contributed by atoms with Gasteiger partial charge in [0.25, 0.3) is 0 Å². The SMILES string of the molecule is Cc1nn(C[C@@H]2COC(C)(C)O2)c(C)c1B1OC(C)(C)C(C)(C)O1. The van der Waals surface area contributed by atoms with Gasteiger partial charge in [-0.3, -0.25) is 4.68 Å². The Bertz CT molecular complexity index is 623. The first-order valence-electron chi connectivity index (χ1n) is 8.63. The van der Waals surface area contributed by atoms with E-state index in [1.807, 2.05) is 25.5 Å². The summed E-state index contributed by atoms with van der Waals surface area (Å²) in [4.78, 5) is 0. The van der Waals surface area contributed by atoms with Crippen LogP contribution in [0.25, 0.3) is 0 Å². The van der Waals surface area contributed by atoms with Gasteiger partial charge in [-0.1, -0.05) is 0 Å². The molecule has 0 radical (unpaired) electrons. The van der Waals surface area contributed by atoms with E-state index in [-0.39, 0.29) is 24.4 Å². The summed E-state index contributed by atoms with van der Waals surface area (Å²) in [6, 6.07) is 0. The molecule has 0 bridgehead atoms. The lowest BCUT2D eigenvalue weighted by Crippen LogP contribution is -2.41. The molecule has 1 aromatic heterocycles. The molecule has 7 heteroatoms. The largest absolute Gasteiger partial charge is 0.498 e. The molecule has 0 unspecified atom stereocenters. The van der Waals surface area contributed by atoms with Gasteiger partial charge in [0.2, 0.25) is 0 Å². The summed E-state index contributed by atoms with van der Waals surface area (Å²) in [6.07, 6.45) is 0.00384. The van der Waals surface area contributed by atoms with Gasteiger partial charge in [0.15, 0.2) is 5.79 Å². The van der Waals surface area contributed by atoms with Crippen LogP contribution in [0, 0.1) is 13.8 Å². The van der Waals surface area contributed by atoms with Crippen LogP contribution < -0.4 is 5.46 Å². The van der Waals surface area contributed by atoms with E-state index >= 15 is 0 Å². The molecule has 2 saturated heterocycles. The zero-order valence-corrected chi connectivity index (χ0v) is 16.1. The minimum Gasteiger partial charge on any atom is -0.399 e. The number of ether oxygens (including phenoxy) is 2. The minimum absolute atomic E-state index is 0.00384. The number of hydrogen-bond donors (Lipinski definition) is 0. The molecule has 134 valence electrons. The van der Waals surface area contributed by atoms with Crippen molar-refractivity contribution >= 4 is 12.6 Å². The number of nitrogens with zero attached hydrogens (tertiary/aromatic N) is 2. The summed E-state index contributed by atoms with van der Waals surface area (Å²) in [5.41, 5.74) is 2.30. The van der Waals surface area contributed by atoms with Gasteiger partial charge in [0.05, 0.1) is 30.0 Å². The molecule has 0 N–H and O–H groups in total. The fourth-order valence-corrected chi connectivity index (χ4v) is 3.24. The zero-order chi connectivity index (χ0) is 17.9. The van der Waals surface area contributed by atoms with Crippen LogP contribution in [0.4, 0.5) is 0 Å². The maximum atomic E-state index is 6.20. The Labute approximate surface area is 144 Å². The normalized spacial score (nSPS) is 27.8. The van der Waals surface area contributed by atoms with Crippen molar-refractivity contribution in [3.63, 3.8) is 0 Å². The first-order chi connectivity index (χ1) is 10.9. The van der Waals surface area contributed by atoms with Gasteiger partial charge in [0, 0.05) is 11.2 Å². The smallest absolute Gasteiger partial charge is 0.399 e. The standard InChI is InChI=1S/C17H29BN2O4/c1-11-14(18-23-15(3,4)16(5,6)24-18)12(2)20(19-11)9-13-10-21-17(7,8)22-13/h13H,9-10H2,1-8H3/t13-/m1/s1. The van der Waals surface area contributed by atoms with Crippen molar-refractivity contribution in [2.75, 3.05) is 6.61 Å². The molecule has 0 saturated carbocycles. The minimum atomic E-state index is -0.519. The molecule has 2 aliphatic heterocycles. The molecule has 3 rings (SSSR count). The summed E-state index contributed by atoms with van der Waals surface area (Å²) >= 11 is 0. The van der Waals surface area contributed by atoms with Crippen LogP contribution in [0.2, 0.25) is 0 Å². The summed E-state index contributed by atoms with van der Waals surface area (Å²) in [5, 5.41) is 4.68. The van der Waals surface area contributed by atoms with E-state index in [1.54, 1.807) is 0 Å². The van der Waals surface area contributed by atoms with Crippen molar-refractivity contribution in [3.05, 3.63) is 11.4 Å². The third kappa shape index (κ3) is 3.03. The predicted octanol–water partition coefficient (Wildman–Crippen LogP) is 1.95. The molecule has 0 amide bonds. The highest BCUT2D eigenvalue weighted by atomic mass is 16.7. The van der Waals surface area contributed by atoms with Crippen molar-refractivity contribution in [3.8, 4) is 0 Å². The van der Waals surface area contributed by atoms with Crippen LogP contribution in [0.15, 0.2) is 0 Å². The van der Waals surface area contributed by atoms with Crippen molar-refractivity contribution in [1.29, 1.82) is 0 Å². The molecule has 0 spiro atoms. The van der Waals surface area contributed by atoms with E-state index in [9.17, 15) is 0 Å². The average molecular weight is 336 g/mol. The van der Waals surface area contributed by atoms with Gasteiger partial charge in [-0.15, -0.1) is 0 Å². The van der Waals surface area contributed by atoms with Crippen LogP contribution >= 0.6 is 0 Å². The average Bonchev–Trinajstić information content (AvgIpc) is 2.95. The number of rotatable bonds is 3. The topological polar surface area (TPSA) is 54.7 Å². The Morgan fingerprint density at radius 3 is 2.17 bits per heavy atom. The second kappa shape index (κ2) is 5.56. The molecular weight excluding hydrogens is 307 g/mol. The van der Waals surface area contributed by atoms with Gasteiger partial charge >= 0.3 is 7.12 Å². The van der Waals surface area contributed by atoms with Crippen LogP contribution in [0.3, 0.4) is 0 Å². The fraction of sp³-hybridized carbons (Fsp3) is 0.824. The predicted molar refractivity (Wildman–Crippen MR) is 92.3 cm³/mol. The highest BCUT2D eigenvalue weighted by molar-refractivity contribution is 6.63. The Hall–Kier alpha value is -0.885. The van der Waals surface area contributed by atoms with Gasteiger partial charge < -0.3 is 18.8 Å². The van der Waals surface area contributed by atoms with Crippen LogP contribution in [-0.2, 0) is 25.3 Å². The van der Waals surface area contributed by atoms with Gasteiger partial charge in [0.1, 0.15) is 6.10 Å². The van der Waals surface area contributed by atoms with E-state index in [0.717, 1.165) is 16.9 Å². The van der Waals surface area contributed by atoms with Crippen LogP contribution in [0.1, 0.15) is 52.9 Å². The molecule has 2 aliphatic rings. The second-order valence-corrected chi connectivity index (χ2v) is 8.31. The van der Waals surface area contributed by atoms with Crippen LogP contribution in [0.5, 0.6) is 0 Å². The summed E-state index contributed by atoms with van der Waals surface area (Å²) in [6.45, 7) is 17.4. The summed E-state index contributed by atoms with van der Waals surface area (Å²) in [5.74, 6) is -0.519. The third-order valence-electron chi connectivity index (χ3n) is 5.37. The Morgan fingerprint density at radius 2 is 1.67 bits per heavy atom. The van der Waals surface area contributed by atoms with Crippen LogP contribution in [-0.4, -0.2) is 46.6 Å². The maximum absolute atomic E-state index is 6.20. The van der Waals surface area contributed by atoms with Crippen molar-refractivity contribution in [2.24, 2.45) is 0 Å². The van der Waals surface area contributed by atoms with E-state index < -0.39 is 5.79 Å². The first kappa shape index (κ1) is 17.9. The summed E-state index contributed by atoms with van der Waals surface area (Å²) < 4.78 is 25.9. The lowest BCUT2D eigenvalue weighted by molar-refractivity contribution is -0.139. The summed E-state index contributed by atoms with van der Waals surface area (Å²) in [7, 11) is -0.388. The number of hydrogen-bond acceptors (Lipinski definition) is 5. The Balaban J connectivity index is 1.81. The zero-order valence-electron chi connectivity index (χ0n) is 16.1. The quantitative estimate of drug-likeness (QED) is 0.790. The van der Waals surface area contributed by atoms with E-state index in [2.05, 4.69) is 39.7 Å². The van der Waals surface area contributed by atoms with Crippen molar-refractivity contribution < 1.29 is 18.8 Å². The van der Waals surface area contributed by atoms with Crippen molar-refractivity contribution in [1.82, 2.24) is 9.78 Å². The molecule has 0 aliphatic carbocycles. The lowest BCUT2D eigenvalue weighted by atomic mass is 9.77. The van der Waals surface area contributed by atoms with Crippen molar-refractivity contribution in [2.45, 2.75) is 85.0 Å².